The summed E-state index contributed by atoms with van der Waals surface area (Å²) in [4.78, 5) is 14.1. The number of amides is 1. The van der Waals surface area contributed by atoms with E-state index in [0.29, 0.717) is 31.2 Å². The van der Waals surface area contributed by atoms with Crippen LogP contribution in [0.1, 0.15) is 44.0 Å². The van der Waals surface area contributed by atoms with Gasteiger partial charge in [0.2, 0.25) is 0 Å². The summed E-state index contributed by atoms with van der Waals surface area (Å²) < 4.78 is 5.65. The molecule has 21 heavy (non-hydrogen) atoms. The molecule has 0 radical (unpaired) electrons. The van der Waals surface area contributed by atoms with E-state index in [1.165, 1.54) is 0 Å². The predicted molar refractivity (Wildman–Crippen MR) is 82.5 cm³/mol. The highest BCUT2D eigenvalue weighted by Gasteiger charge is 2.42. The van der Waals surface area contributed by atoms with Gasteiger partial charge in [-0.15, -0.1) is 0 Å². The van der Waals surface area contributed by atoms with Crippen LogP contribution in [0, 0.1) is 5.92 Å². The first-order chi connectivity index (χ1) is 9.93. The standard InChI is InChI=1S/C17H25NO3/c1-4-8-17(20)11-18(12-17)16(19)14-6-5-7-15(9-14)21-10-13(2)3/h5-7,9,13,20H,4,8,10-12H2,1-3H3. The van der Waals surface area contributed by atoms with Crippen LogP contribution < -0.4 is 4.74 Å². The zero-order valence-corrected chi connectivity index (χ0v) is 13.1. The molecule has 1 heterocycles. The summed E-state index contributed by atoms with van der Waals surface area (Å²) in [6.07, 6.45) is 1.67. The van der Waals surface area contributed by atoms with E-state index in [0.717, 1.165) is 18.6 Å². The van der Waals surface area contributed by atoms with Gasteiger partial charge in [-0.3, -0.25) is 4.79 Å². The number of β-amino-alcohol motifs (C(OH)–C–C–N with tert-alkyl or cyclic N) is 1. The zero-order valence-electron chi connectivity index (χ0n) is 13.1. The molecule has 1 saturated heterocycles. The van der Waals surface area contributed by atoms with Gasteiger partial charge in [0.15, 0.2) is 0 Å². The fourth-order valence-electron chi connectivity index (χ4n) is 2.60. The Morgan fingerprint density at radius 2 is 2.14 bits per heavy atom. The number of benzene rings is 1. The van der Waals surface area contributed by atoms with Crippen LogP contribution in [-0.4, -0.2) is 41.2 Å². The molecule has 4 nitrogen and oxygen atoms in total. The molecule has 2 rings (SSSR count). The van der Waals surface area contributed by atoms with E-state index >= 15 is 0 Å². The van der Waals surface area contributed by atoms with Crippen molar-refractivity contribution in [1.82, 2.24) is 4.90 Å². The smallest absolute Gasteiger partial charge is 0.254 e. The lowest BCUT2D eigenvalue weighted by atomic mass is 9.89. The first-order valence-corrected chi connectivity index (χ1v) is 7.68. The second-order valence-corrected chi connectivity index (χ2v) is 6.37. The molecule has 1 aliphatic heterocycles. The van der Waals surface area contributed by atoms with Crippen molar-refractivity contribution in [3.63, 3.8) is 0 Å². The molecule has 1 N–H and O–H groups in total. The monoisotopic (exact) mass is 291 g/mol. The van der Waals surface area contributed by atoms with Crippen molar-refractivity contribution < 1.29 is 14.6 Å². The molecule has 0 bridgehead atoms. The Hall–Kier alpha value is -1.55. The molecule has 1 aliphatic rings. The summed E-state index contributed by atoms with van der Waals surface area (Å²) in [6, 6.07) is 7.27. The topological polar surface area (TPSA) is 49.8 Å². The third-order valence-electron chi connectivity index (χ3n) is 3.64. The van der Waals surface area contributed by atoms with Crippen LogP contribution >= 0.6 is 0 Å². The largest absolute Gasteiger partial charge is 0.493 e. The molecule has 0 atom stereocenters. The highest BCUT2D eigenvalue weighted by Crippen LogP contribution is 2.28. The van der Waals surface area contributed by atoms with E-state index in [1.807, 2.05) is 19.1 Å². The summed E-state index contributed by atoms with van der Waals surface area (Å²) in [5.41, 5.74) is -0.0642. The van der Waals surface area contributed by atoms with Gasteiger partial charge >= 0.3 is 0 Å². The summed E-state index contributed by atoms with van der Waals surface area (Å²) >= 11 is 0. The number of ether oxygens (including phenoxy) is 1. The van der Waals surface area contributed by atoms with E-state index in [4.69, 9.17) is 4.74 Å². The Morgan fingerprint density at radius 1 is 1.43 bits per heavy atom. The summed E-state index contributed by atoms with van der Waals surface area (Å²) in [7, 11) is 0. The molecule has 0 aliphatic carbocycles. The van der Waals surface area contributed by atoms with E-state index in [1.54, 1.807) is 17.0 Å². The van der Waals surface area contributed by atoms with Crippen LogP contribution in [0.3, 0.4) is 0 Å². The molecular formula is C17H25NO3. The Morgan fingerprint density at radius 3 is 2.76 bits per heavy atom. The minimum atomic E-state index is -0.684. The van der Waals surface area contributed by atoms with Gasteiger partial charge in [0.1, 0.15) is 5.75 Å². The van der Waals surface area contributed by atoms with Crippen molar-refractivity contribution in [2.24, 2.45) is 5.92 Å². The minimum absolute atomic E-state index is 0.0363. The number of rotatable bonds is 6. The molecule has 0 spiro atoms. The molecule has 1 aromatic rings. The highest BCUT2D eigenvalue weighted by atomic mass is 16.5. The lowest BCUT2D eigenvalue weighted by molar-refractivity contribution is -0.0860. The van der Waals surface area contributed by atoms with Gasteiger partial charge in [-0.2, -0.15) is 0 Å². The van der Waals surface area contributed by atoms with E-state index in [9.17, 15) is 9.90 Å². The number of hydrogen-bond acceptors (Lipinski definition) is 3. The molecule has 1 amide bonds. The fraction of sp³-hybridized carbons (Fsp3) is 0.588. The van der Waals surface area contributed by atoms with Crippen molar-refractivity contribution in [1.29, 1.82) is 0 Å². The van der Waals surface area contributed by atoms with Gasteiger partial charge in [0, 0.05) is 5.56 Å². The summed E-state index contributed by atoms with van der Waals surface area (Å²) in [6.45, 7) is 7.70. The van der Waals surface area contributed by atoms with Gasteiger partial charge in [0.25, 0.3) is 5.91 Å². The van der Waals surface area contributed by atoms with E-state index in [-0.39, 0.29) is 5.91 Å². The van der Waals surface area contributed by atoms with Crippen molar-refractivity contribution in [3.05, 3.63) is 29.8 Å². The lowest BCUT2D eigenvalue weighted by Gasteiger charge is -2.46. The normalized spacial score (nSPS) is 16.7. The van der Waals surface area contributed by atoms with Crippen LogP contribution in [0.2, 0.25) is 0 Å². The molecule has 0 unspecified atom stereocenters. The van der Waals surface area contributed by atoms with E-state index < -0.39 is 5.60 Å². The van der Waals surface area contributed by atoms with Gasteiger partial charge < -0.3 is 14.7 Å². The Balaban J connectivity index is 1.96. The van der Waals surface area contributed by atoms with Gasteiger partial charge in [0.05, 0.1) is 25.3 Å². The van der Waals surface area contributed by atoms with Crippen LogP contribution in [-0.2, 0) is 0 Å². The second kappa shape index (κ2) is 6.48. The molecule has 4 heteroatoms. The number of likely N-dealkylation sites (tertiary alicyclic amines) is 1. The number of aliphatic hydroxyl groups is 1. The average Bonchev–Trinajstić information content (AvgIpc) is 2.42. The van der Waals surface area contributed by atoms with Crippen molar-refractivity contribution >= 4 is 5.91 Å². The van der Waals surface area contributed by atoms with Crippen LogP contribution in [0.15, 0.2) is 24.3 Å². The number of carbonyl (C=O) groups excluding carboxylic acids is 1. The lowest BCUT2D eigenvalue weighted by Crippen LogP contribution is -2.63. The molecule has 0 saturated carbocycles. The number of nitrogens with zero attached hydrogens (tertiary/aromatic N) is 1. The predicted octanol–water partition coefficient (Wildman–Crippen LogP) is 2.71. The van der Waals surface area contributed by atoms with Gasteiger partial charge in [-0.1, -0.05) is 33.3 Å². The fourth-order valence-corrected chi connectivity index (χ4v) is 2.60. The highest BCUT2D eigenvalue weighted by molar-refractivity contribution is 5.95. The molecule has 116 valence electrons. The minimum Gasteiger partial charge on any atom is -0.493 e. The molecule has 0 aromatic heterocycles. The maximum absolute atomic E-state index is 12.4. The Bertz CT molecular complexity index is 493. The quantitative estimate of drug-likeness (QED) is 0.876. The SMILES string of the molecule is CCCC1(O)CN(C(=O)c2cccc(OCC(C)C)c2)C1. The molecule has 1 fully saturated rings. The average molecular weight is 291 g/mol. The number of hydrogen-bond donors (Lipinski definition) is 1. The maximum Gasteiger partial charge on any atom is 0.254 e. The van der Waals surface area contributed by atoms with Crippen molar-refractivity contribution in [3.8, 4) is 5.75 Å². The molecular weight excluding hydrogens is 266 g/mol. The third kappa shape index (κ3) is 3.97. The first kappa shape index (κ1) is 15.8. The Kier molecular flexibility index (Phi) is 4.88. The van der Waals surface area contributed by atoms with Crippen molar-refractivity contribution in [2.45, 2.75) is 39.2 Å². The summed E-state index contributed by atoms with van der Waals surface area (Å²) in [5, 5.41) is 10.2. The zero-order chi connectivity index (χ0) is 15.5. The number of carbonyl (C=O) groups is 1. The first-order valence-electron chi connectivity index (χ1n) is 7.68. The maximum atomic E-state index is 12.4. The van der Waals surface area contributed by atoms with Gasteiger partial charge in [-0.25, -0.2) is 0 Å². The summed E-state index contributed by atoms with van der Waals surface area (Å²) in [5.74, 6) is 1.13. The Labute approximate surface area is 126 Å². The van der Waals surface area contributed by atoms with Crippen LogP contribution in [0.4, 0.5) is 0 Å². The second-order valence-electron chi connectivity index (χ2n) is 6.37. The third-order valence-corrected chi connectivity index (χ3v) is 3.64. The van der Waals surface area contributed by atoms with Crippen LogP contribution in [0.5, 0.6) is 5.75 Å². The molecule has 1 aromatic carbocycles. The van der Waals surface area contributed by atoms with Crippen LogP contribution in [0.25, 0.3) is 0 Å². The van der Waals surface area contributed by atoms with E-state index in [2.05, 4.69) is 13.8 Å². The van der Waals surface area contributed by atoms with Crippen molar-refractivity contribution in [2.75, 3.05) is 19.7 Å². The van der Waals surface area contributed by atoms with Gasteiger partial charge in [-0.05, 0) is 30.5 Å².